The van der Waals surface area contributed by atoms with Gasteiger partial charge in [-0.2, -0.15) is 4.31 Å². The summed E-state index contributed by atoms with van der Waals surface area (Å²) in [6.45, 7) is 4.61. The fourth-order valence-corrected chi connectivity index (χ4v) is 4.40. The van der Waals surface area contributed by atoms with E-state index in [0.717, 1.165) is 23.3 Å². The van der Waals surface area contributed by atoms with Gasteiger partial charge in [-0.3, -0.25) is 4.79 Å². The van der Waals surface area contributed by atoms with Crippen molar-refractivity contribution in [3.63, 3.8) is 0 Å². The number of ether oxygens (including phenoxy) is 1. The molecule has 2 aromatic rings. The van der Waals surface area contributed by atoms with Crippen molar-refractivity contribution in [2.24, 2.45) is 0 Å². The fourth-order valence-electron chi connectivity index (χ4n) is 2.90. The van der Waals surface area contributed by atoms with Crippen LogP contribution in [0.5, 0.6) is 0 Å². The zero-order valence-electron chi connectivity index (χ0n) is 15.2. The molecule has 3 rings (SSSR count). The smallest absolute Gasteiger partial charge is 0.255 e. The van der Waals surface area contributed by atoms with Gasteiger partial charge in [0.05, 0.1) is 13.2 Å². The Balaban J connectivity index is 1.89. The minimum absolute atomic E-state index is 0.168. The lowest BCUT2D eigenvalue weighted by molar-refractivity contribution is 0.0729. The maximum atomic E-state index is 14.2. The topological polar surface area (TPSA) is 75.7 Å². The predicted octanol–water partition coefficient (Wildman–Crippen LogP) is 2.72. The number of nitrogens with zero attached hydrogens (tertiary/aromatic N) is 1. The summed E-state index contributed by atoms with van der Waals surface area (Å²) in [5.41, 5.74) is 2.50. The summed E-state index contributed by atoms with van der Waals surface area (Å²) in [7, 11) is -4.00. The molecule has 27 heavy (non-hydrogen) atoms. The number of amides is 1. The number of carbonyl (C=O) groups is 1. The Morgan fingerprint density at radius 1 is 1.15 bits per heavy atom. The van der Waals surface area contributed by atoms with Crippen molar-refractivity contribution in [3.05, 3.63) is 58.9 Å². The molecule has 1 saturated heterocycles. The van der Waals surface area contributed by atoms with Gasteiger partial charge in [0.1, 0.15) is 10.7 Å². The average molecular weight is 392 g/mol. The SMILES string of the molecule is Cc1cccc(C(=O)Nc2ccc(F)c(S(=O)(=O)N3CCOCC3)c2)c1C. The van der Waals surface area contributed by atoms with Crippen molar-refractivity contribution in [1.29, 1.82) is 0 Å². The van der Waals surface area contributed by atoms with Crippen LogP contribution >= 0.6 is 0 Å². The molecule has 6 nitrogen and oxygen atoms in total. The lowest BCUT2D eigenvalue weighted by atomic mass is 10.0. The van der Waals surface area contributed by atoms with Crippen molar-refractivity contribution >= 4 is 21.6 Å². The standard InChI is InChI=1S/C19H21FN2O4S/c1-13-4-3-5-16(14(13)2)19(23)21-15-6-7-17(20)18(12-15)27(24,25)22-8-10-26-11-9-22/h3-7,12H,8-11H2,1-2H3,(H,21,23). The van der Waals surface area contributed by atoms with Gasteiger partial charge in [-0.25, -0.2) is 12.8 Å². The second kappa shape index (κ2) is 7.75. The Hall–Kier alpha value is -2.29. The van der Waals surface area contributed by atoms with Crippen molar-refractivity contribution in [2.45, 2.75) is 18.7 Å². The van der Waals surface area contributed by atoms with Crippen LogP contribution in [0.25, 0.3) is 0 Å². The van der Waals surface area contributed by atoms with Gasteiger partial charge in [0.25, 0.3) is 5.91 Å². The summed E-state index contributed by atoms with van der Waals surface area (Å²) in [5.74, 6) is -1.23. The number of morpholine rings is 1. The molecule has 0 saturated carbocycles. The Bertz CT molecular complexity index is 970. The second-order valence-electron chi connectivity index (χ2n) is 6.36. The van der Waals surface area contributed by atoms with Gasteiger partial charge in [-0.15, -0.1) is 0 Å². The monoisotopic (exact) mass is 392 g/mol. The molecule has 0 aromatic heterocycles. The number of anilines is 1. The van der Waals surface area contributed by atoms with Gasteiger partial charge in [-0.05, 0) is 49.2 Å². The van der Waals surface area contributed by atoms with Crippen molar-refractivity contribution < 1.29 is 22.3 Å². The molecule has 0 aliphatic carbocycles. The molecule has 1 N–H and O–H groups in total. The first-order valence-corrected chi connectivity index (χ1v) is 10.00. The normalized spacial score (nSPS) is 15.5. The van der Waals surface area contributed by atoms with E-state index in [1.54, 1.807) is 12.1 Å². The summed E-state index contributed by atoms with van der Waals surface area (Å²) in [5, 5.41) is 2.66. The van der Waals surface area contributed by atoms with Crippen LogP contribution in [0, 0.1) is 19.7 Å². The van der Waals surface area contributed by atoms with Crippen LogP contribution in [0.3, 0.4) is 0 Å². The third kappa shape index (κ3) is 4.02. The number of hydrogen-bond donors (Lipinski definition) is 1. The van der Waals surface area contributed by atoms with Gasteiger partial charge in [0, 0.05) is 24.3 Å². The minimum atomic E-state index is -4.00. The van der Waals surface area contributed by atoms with E-state index in [4.69, 9.17) is 4.74 Å². The molecule has 1 aliphatic rings. The molecule has 8 heteroatoms. The van der Waals surface area contributed by atoms with Crippen molar-refractivity contribution in [1.82, 2.24) is 4.31 Å². The van der Waals surface area contributed by atoms with Crippen LogP contribution in [0.2, 0.25) is 0 Å². The van der Waals surface area contributed by atoms with Gasteiger partial charge in [0.15, 0.2) is 0 Å². The minimum Gasteiger partial charge on any atom is -0.379 e. The molecule has 0 atom stereocenters. The molecule has 1 fully saturated rings. The summed E-state index contributed by atoms with van der Waals surface area (Å²) in [6, 6.07) is 8.91. The second-order valence-corrected chi connectivity index (χ2v) is 8.27. The number of hydrogen-bond acceptors (Lipinski definition) is 4. The first kappa shape index (κ1) is 19.5. The molecule has 1 amide bonds. The number of nitrogens with one attached hydrogen (secondary N) is 1. The molecule has 0 bridgehead atoms. The largest absolute Gasteiger partial charge is 0.379 e. The summed E-state index contributed by atoms with van der Waals surface area (Å²) in [4.78, 5) is 12.1. The van der Waals surface area contributed by atoms with Crippen LogP contribution in [-0.4, -0.2) is 44.9 Å². The number of sulfonamides is 1. The molecule has 2 aromatic carbocycles. The number of benzene rings is 2. The Labute approximate surface area is 158 Å². The fraction of sp³-hybridized carbons (Fsp3) is 0.316. The van der Waals surface area contributed by atoms with Gasteiger partial charge in [-0.1, -0.05) is 12.1 Å². The number of aryl methyl sites for hydroxylation is 1. The first-order valence-electron chi connectivity index (χ1n) is 8.55. The molecular formula is C19H21FN2O4S. The number of halogens is 1. The summed E-state index contributed by atoms with van der Waals surface area (Å²) < 4.78 is 46.0. The molecule has 1 aliphatic heterocycles. The van der Waals surface area contributed by atoms with E-state index in [1.165, 1.54) is 10.4 Å². The highest BCUT2D eigenvalue weighted by Gasteiger charge is 2.29. The van der Waals surface area contributed by atoms with E-state index in [-0.39, 0.29) is 37.9 Å². The maximum Gasteiger partial charge on any atom is 0.255 e. The first-order chi connectivity index (χ1) is 12.8. The van der Waals surface area contributed by atoms with Gasteiger partial charge >= 0.3 is 0 Å². The van der Waals surface area contributed by atoms with E-state index < -0.39 is 20.7 Å². The number of rotatable bonds is 4. The van der Waals surface area contributed by atoms with Crippen molar-refractivity contribution in [2.75, 3.05) is 31.6 Å². The van der Waals surface area contributed by atoms with Crippen molar-refractivity contribution in [3.8, 4) is 0 Å². The van der Waals surface area contributed by atoms with E-state index in [2.05, 4.69) is 5.32 Å². The Morgan fingerprint density at radius 2 is 1.85 bits per heavy atom. The van der Waals surface area contributed by atoms with Crippen LogP contribution in [0.15, 0.2) is 41.3 Å². The van der Waals surface area contributed by atoms with E-state index in [0.29, 0.717) is 5.56 Å². The Kier molecular flexibility index (Phi) is 5.59. The quantitative estimate of drug-likeness (QED) is 0.868. The predicted molar refractivity (Wildman–Crippen MR) is 99.8 cm³/mol. The van der Waals surface area contributed by atoms with E-state index in [1.807, 2.05) is 19.9 Å². The average Bonchev–Trinajstić information content (AvgIpc) is 2.66. The molecule has 144 valence electrons. The zero-order chi connectivity index (χ0) is 19.6. The highest BCUT2D eigenvalue weighted by atomic mass is 32.2. The van der Waals surface area contributed by atoms with Crippen LogP contribution in [0.1, 0.15) is 21.5 Å². The molecule has 1 heterocycles. The molecular weight excluding hydrogens is 371 g/mol. The van der Waals surface area contributed by atoms with Crippen LogP contribution < -0.4 is 5.32 Å². The highest BCUT2D eigenvalue weighted by Crippen LogP contribution is 2.24. The van der Waals surface area contributed by atoms with E-state index >= 15 is 0 Å². The maximum absolute atomic E-state index is 14.2. The molecule has 0 unspecified atom stereocenters. The van der Waals surface area contributed by atoms with Gasteiger partial charge < -0.3 is 10.1 Å². The summed E-state index contributed by atoms with van der Waals surface area (Å²) >= 11 is 0. The third-order valence-corrected chi connectivity index (χ3v) is 6.54. The summed E-state index contributed by atoms with van der Waals surface area (Å²) in [6.07, 6.45) is 0. The van der Waals surface area contributed by atoms with E-state index in [9.17, 15) is 17.6 Å². The third-order valence-electron chi connectivity index (χ3n) is 4.63. The zero-order valence-corrected chi connectivity index (χ0v) is 16.0. The molecule has 0 radical (unpaired) electrons. The number of carbonyl (C=O) groups excluding carboxylic acids is 1. The Morgan fingerprint density at radius 3 is 2.56 bits per heavy atom. The van der Waals surface area contributed by atoms with Crippen LogP contribution in [-0.2, 0) is 14.8 Å². The lowest BCUT2D eigenvalue weighted by Crippen LogP contribution is -2.40. The lowest BCUT2D eigenvalue weighted by Gasteiger charge is -2.26. The van der Waals surface area contributed by atoms with Gasteiger partial charge in [0.2, 0.25) is 10.0 Å². The van der Waals surface area contributed by atoms with Crippen LogP contribution in [0.4, 0.5) is 10.1 Å². The highest BCUT2D eigenvalue weighted by molar-refractivity contribution is 7.89. The molecule has 0 spiro atoms.